The Balaban J connectivity index is 2.27. The van der Waals surface area contributed by atoms with Gasteiger partial charge >= 0.3 is 0 Å². The van der Waals surface area contributed by atoms with E-state index in [0.29, 0.717) is 10.6 Å². The van der Waals surface area contributed by atoms with Crippen molar-refractivity contribution in [1.82, 2.24) is 0 Å². The van der Waals surface area contributed by atoms with E-state index in [2.05, 4.69) is 0 Å². The van der Waals surface area contributed by atoms with Crippen molar-refractivity contribution in [3.05, 3.63) is 59.7 Å². The largest absolute Gasteiger partial charge is 0.398 e. The average Bonchev–Trinajstić information content (AvgIpc) is 2.34. The maximum Gasteiger partial charge on any atom is 0.127 e. The smallest absolute Gasteiger partial charge is 0.127 e. The summed E-state index contributed by atoms with van der Waals surface area (Å²) in [5, 5.41) is 0. The van der Waals surface area contributed by atoms with Gasteiger partial charge in [0.05, 0.1) is 21.4 Å². The number of halogens is 2. The summed E-state index contributed by atoms with van der Waals surface area (Å²) in [7, 11) is -1.50. The Hall–Kier alpha value is -1.75. The summed E-state index contributed by atoms with van der Waals surface area (Å²) in [6, 6.07) is 9.75. The number of nitrogen functional groups attached to an aromatic ring is 1. The molecule has 0 aromatic heterocycles. The maximum absolute atomic E-state index is 13.4. The van der Waals surface area contributed by atoms with E-state index in [1.165, 1.54) is 0 Å². The summed E-state index contributed by atoms with van der Waals surface area (Å²) in [6.07, 6.45) is 0. The van der Waals surface area contributed by atoms with E-state index in [0.717, 1.165) is 18.2 Å². The summed E-state index contributed by atoms with van der Waals surface area (Å²) in [6.45, 7) is 0. The number of benzene rings is 2. The third-order valence-electron chi connectivity index (χ3n) is 2.46. The van der Waals surface area contributed by atoms with Gasteiger partial charge in [-0.15, -0.1) is 0 Å². The number of anilines is 1. The highest BCUT2D eigenvalue weighted by Gasteiger charge is 2.12. The molecular formula is C13H11F2NOS. The fourth-order valence-electron chi connectivity index (χ4n) is 1.56. The minimum Gasteiger partial charge on any atom is -0.398 e. The van der Waals surface area contributed by atoms with Gasteiger partial charge in [-0.05, 0) is 30.3 Å². The Morgan fingerprint density at radius 3 is 2.56 bits per heavy atom. The van der Waals surface area contributed by atoms with Crippen LogP contribution >= 0.6 is 0 Å². The lowest BCUT2D eigenvalue weighted by molar-refractivity contribution is 0.590. The van der Waals surface area contributed by atoms with Crippen LogP contribution in [0.5, 0.6) is 0 Å². The molecule has 2 rings (SSSR count). The summed E-state index contributed by atoms with van der Waals surface area (Å²) in [5.74, 6) is -1.22. The minimum absolute atomic E-state index is 0.0802. The van der Waals surface area contributed by atoms with Crippen LogP contribution in [-0.4, -0.2) is 4.21 Å². The fourth-order valence-corrected chi connectivity index (χ4v) is 2.78. The van der Waals surface area contributed by atoms with Crippen molar-refractivity contribution in [2.24, 2.45) is 0 Å². The van der Waals surface area contributed by atoms with E-state index in [1.807, 2.05) is 0 Å². The van der Waals surface area contributed by atoms with Crippen LogP contribution in [-0.2, 0) is 16.6 Å². The van der Waals surface area contributed by atoms with Crippen LogP contribution in [0, 0.1) is 11.6 Å². The molecule has 5 heteroatoms. The van der Waals surface area contributed by atoms with Gasteiger partial charge < -0.3 is 5.73 Å². The van der Waals surface area contributed by atoms with Crippen LogP contribution in [0.4, 0.5) is 14.5 Å². The molecule has 2 nitrogen and oxygen atoms in total. The standard InChI is InChI=1S/C13H11F2NOS/c14-10-5-6-11(15)9(7-10)8-18(17)13-4-2-1-3-12(13)16/h1-7H,8,16H2. The van der Waals surface area contributed by atoms with Gasteiger partial charge in [0.25, 0.3) is 0 Å². The van der Waals surface area contributed by atoms with Crippen LogP contribution in [0.3, 0.4) is 0 Å². The molecule has 2 N–H and O–H groups in total. The van der Waals surface area contributed by atoms with Crippen LogP contribution in [0.1, 0.15) is 5.56 Å². The van der Waals surface area contributed by atoms with E-state index in [4.69, 9.17) is 5.73 Å². The fraction of sp³-hybridized carbons (Fsp3) is 0.0769. The Bertz CT molecular complexity index is 601. The summed E-state index contributed by atoms with van der Waals surface area (Å²) >= 11 is 0. The third-order valence-corrected chi connectivity index (χ3v) is 3.89. The number of hydrogen-bond donors (Lipinski definition) is 1. The molecule has 1 unspecified atom stereocenters. The lowest BCUT2D eigenvalue weighted by Gasteiger charge is -2.06. The van der Waals surface area contributed by atoms with Gasteiger partial charge in [0.15, 0.2) is 0 Å². The zero-order chi connectivity index (χ0) is 13.1. The second-order valence-corrected chi connectivity index (χ2v) is 5.18. The zero-order valence-corrected chi connectivity index (χ0v) is 10.2. The Labute approximate surface area is 106 Å². The molecule has 0 aliphatic heterocycles. The van der Waals surface area contributed by atoms with Gasteiger partial charge in [-0.2, -0.15) is 0 Å². The molecule has 0 spiro atoms. The normalized spacial score (nSPS) is 12.3. The van der Waals surface area contributed by atoms with Crippen molar-refractivity contribution >= 4 is 16.5 Å². The van der Waals surface area contributed by atoms with E-state index >= 15 is 0 Å². The van der Waals surface area contributed by atoms with Gasteiger partial charge in [0.1, 0.15) is 11.6 Å². The average molecular weight is 267 g/mol. The highest BCUT2D eigenvalue weighted by atomic mass is 32.2. The molecule has 0 aliphatic carbocycles. The molecular weight excluding hydrogens is 256 g/mol. The molecule has 0 fully saturated rings. The molecule has 0 amide bonds. The van der Waals surface area contributed by atoms with Gasteiger partial charge in [0, 0.05) is 11.3 Å². The van der Waals surface area contributed by atoms with E-state index in [-0.39, 0.29) is 11.3 Å². The van der Waals surface area contributed by atoms with Crippen molar-refractivity contribution in [1.29, 1.82) is 0 Å². The monoisotopic (exact) mass is 267 g/mol. The number of nitrogens with two attached hydrogens (primary N) is 1. The molecule has 1 atom stereocenters. The molecule has 0 saturated carbocycles. The highest BCUT2D eigenvalue weighted by Crippen LogP contribution is 2.20. The van der Waals surface area contributed by atoms with E-state index in [1.54, 1.807) is 24.3 Å². The molecule has 94 valence electrons. The van der Waals surface area contributed by atoms with Crippen LogP contribution in [0.25, 0.3) is 0 Å². The Morgan fingerprint density at radius 2 is 1.83 bits per heavy atom. The number of para-hydroxylation sites is 1. The molecule has 0 bridgehead atoms. The van der Waals surface area contributed by atoms with Gasteiger partial charge in [-0.1, -0.05) is 12.1 Å². The van der Waals surface area contributed by atoms with Crippen molar-refractivity contribution in [2.45, 2.75) is 10.6 Å². The highest BCUT2D eigenvalue weighted by molar-refractivity contribution is 7.84. The molecule has 0 saturated heterocycles. The SMILES string of the molecule is Nc1ccccc1S(=O)Cc1cc(F)ccc1F. The lowest BCUT2D eigenvalue weighted by atomic mass is 10.2. The summed E-state index contributed by atoms with van der Waals surface area (Å²) in [4.78, 5) is 0.432. The Kier molecular flexibility index (Phi) is 3.72. The van der Waals surface area contributed by atoms with Crippen LogP contribution in [0.15, 0.2) is 47.4 Å². The van der Waals surface area contributed by atoms with Crippen molar-refractivity contribution in [3.8, 4) is 0 Å². The van der Waals surface area contributed by atoms with Gasteiger partial charge in [-0.25, -0.2) is 8.78 Å². The topological polar surface area (TPSA) is 43.1 Å². The van der Waals surface area contributed by atoms with Gasteiger partial charge in [0.2, 0.25) is 0 Å². The first-order chi connectivity index (χ1) is 8.58. The van der Waals surface area contributed by atoms with Gasteiger partial charge in [-0.3, -0.25) is 4.21 Å². The maximum atomic E-state index is 13.4. The first-order valence-corrected chi connectivity index (χ1v) is 6.56. The van der Waals surface area contributed by atoms with Crippen LogP contribution in [0.2, 0.25) is 0 Å². The van der Waals surface area contributed by atoms with E-state index in [9.17, 15) is 13.0 Å². The Morgan fingerprint density at radius 1 is 1.11 bits per heavy atom. The first-order valence-electron chi connectivity index (χ1n) is 5.25. The lowest BCUT2D eigenvalue weighted by Crippen LogP contribution is -2.02. The first kappa shape index (κ1) is 12.7. The molecule has 2 aromatic rings. The third kappa shape index (κ3) is 2.73. The second-order valence-electron chi connectivity index (χ2n) is 3.76. The van der Waals surface area contributed by atoms with Crippen molar-refractivity contribution in [3.63, 3.8) is 0 Å². The zero-order valence-electron chi connectivity index (χ0n) is 9.40. The van der Waals surface area contributed by atoms with Crippen molar-refractivity contribution in [2.75, 3.05) is 5.73 Å². The predicted octanol–water partition coefficient (Wildman–Crippen LogP) is 2.85. The van der Waals surface area contributed by atoms with Crippen LogP contribution < -0.4 is 5.73 Å². The number of hydrogen-bond acceptors (Lipinski definition) is 2. The van der Waals surface area contributed by atoms with Crippen molar-refractivity contribution < 1.29 is 13.0 Å². The second kappa shape index (κ2) is 5.27. The summed E-state index contributed by atoms with van der Waals surface area (Å²) in [5.41, 5.74) is 6.14. The van der Waals surface area contributed by atoms with E-state index < -0.39 is 22.4 Å². The minimum atomic E-state index is -1.50. The number of rotatable bonds is 3. The molecule has 18 heavy (non-hydrogen) atoms. The summed E-state index contributed by atoms with van der Waals surface area (Å²) < 4.78 is 38.4. The predicted molar refractivity (Wildman–Crippen MR) is 67.3 cm³/mol. The quantitative estimate of drug-likeness (QED) is 0.869. The molecule has 0 radical (unpaired) electrons. The molecule has 0 aliphatic rings. The molecule has 2 aromatic carbocycles. The molecule has 0 heterocycles.